The van der Waals surface area contributed by atoms with Crippen LogP contribution in [0.25, 0.3) is 0 Å². The molecule has 1 aromatic heterocycles. The fraction of sp³-hybridized carbons (Fsp3) is 0.476. The number of carbonyl (C=O) groups is 1. The number of hydrogen-bond acceptors (Lipinski definition) is 5. The number of piperazine rings is 1. The molecule has 0 aliphatic carbocycles. The first-order valence-corrected chi connectivity index (χ1v) is 12.3. The average molecular weight is 447 g/mol. The quantitative estimate of drug-likeness (QED) is 0.370. The van der Waals surface area contributed by atoms with Crippen LogP contribution < -0.4 is 10.2 Å². The molecule has 0 radical (unpaired) electrons. The first kappa shape index (κ1) is 22.8. The monoisotopic (exact) mass is 446 g/mol. The molecule has 1 fully saturated rings. The zero-order valence-electron chi connectivity index (χ0n) is 18.1. The molecule has 1 aliphatic heterocycles. The number of rotatable bonds is 8. The topological polar surface area (TPSA) is 99.9 Å². The van der Waals surface area contributed by atoms with Gasteiger partial charge in [0.2, 0.25) is 5.91 Å². The zero-order chi connectivity index (χ0) is 22.3. The first-order valence-electron chi connectivity index (χ1n) is 10.4. The second-order valence-electron chi connectivity index (χ2n) is 7.51. The number of carbonyl (C=O) groups excluding carboxylic acids is 1. The number of aliphatic imine (C=N–C) groups is 1. The second kappa shape index (κ2) is 10.4. The van der Waals surface area contributed by atoms with Gasteiger partial charge in [-0.2, -0.15) is 5.10 Å². The summed E-state index contributed by atoms with van der Waals surface area (Å²) in [5.74, 6) is 0.749. The number of aromatic nitrogens is 2. The van der Waals surface area contributed by atoms with E-state index in [0.717, 1.165) is 11.3 Å². The molecule has 0 atom stereocenters. The van der Waals surface area contributed by atoms with Gasteiger partial charge in [0.15, 0.2) is 15.8 Å². The van der Waals surface area contributed by atoms with Gasteiger partial charge in [0, 0.05) is 39.4 Å². The SMILES string of the molecule is CCNC(=NCCCS(=O)(=O)Cc1ccccc1)N1CCN(c2cnn(C)c2)C(=O)C1. The van der Waals surface area contributed by atoms with E-state index in [1.54, 1.807) is 15.8 Å². The predicted octanol–water partition coefficient (Wildman–Crippen LogP) is 1.04. The van der Waals surface area contributed by atoms with Crippen molar-refractivity contribution in [2.75, 3.05) is 43.4 Å². The van der Waals surface area contributed by atoms with Crippen LogP contribution in [0, 0.1) is 0 Å². The molecule has 0 saturated carbocycles. The molecule has 1 aliphatic rings. The molecule has 1 N–H and O–H groups in total. The highest BCUT2D eigenvalue weighted by Gasteiger charge is 2.27. The molecular weight excluding hydrogens is 416 g/mol. The normalized spacial score (nSPS) is 15.4. The van der Waals surface area contributed by atoms with E-state index in [1.807, 2.05) is 55.4 Å². The second-order valence-corrected chi connectivity index (χ2v) is 9.69. The van der Waals surface area contributed by atoms with Gasteiger partial charge in [0.1, 0.15) is 6.54 Å². The van der Waals surface area contributed by atoms with Gasteiger partial charge in [-0.1, -0.05) is 30.3 Å². The van der Waals surface area contributed by atoms with Gasteiger partial charge in [-0.05, 0) is 18.9 Å². The van der Waals surface area contributed by atoms with Gasteiger partial charge in [0.05, 0.1) is 23.4 Å². The average Bonchev–Trinajstić information content (AvgIpc) is 3.16. The summed E-state index contributed by atoms with van der Waals surface area (Å²) in [5, 5.41) is 7.34. The number of amides is 1. The number of sulfone groups is 1. The first-order chi connectivity index (χ1) is 14.9. The van der Waals surface area contributed by atoms with Crippen molar-refractivity contribution in [2.24, 2.45) is 12.0 Å². The molecule has 2 aromatic rings. The van der Waals surface area contributed by atoms with E-state index in [0.29, 0.717) is 38.6 Å². The van der Waals surface area contributed by atoms with Gasteiger partial charge in [-0.15, -0.1) is 0 Å². The lowest BCUT2D eigenvalue weighted by Gasteiger charge is -2.35. The number of benzene rings is 1. The van der Waals surface area contributed by atoms with E-state index in [2.05, 4.69) is 15.4 Å². The summed E-state index contributed by atoms with van der Waals surface area (Å²) in [5.41, 5.74) is 1.59. The third kappa shape index (κ3) is 6.55. The Labute approximate surface area is 183 Å². The number of nitrogens with zero attached hydrogens (tertiary/aromatic N) is 5. The van der Waals surface area contributed by atoms with Gasteiger partial charge in [-0.3, -0.25) is 14.5 Å². The van der Waals surface area contributed by atoms with Crippen molar-refractivity contribution in [3.63, 3.8) is 0 Å². The number of nitrogens with one attached hydrogen (secondary N) is 1. The lowest BCUT2D eigenvalue weighted by molar-refractivity contribution is -0.120. The van der Waals surface area contributed by atoms with Gasteiger partial charge in [0.25, 0.3) is 0 Å². The third-order valence-electron chi connectivity index (χ3n) is 4.96. The lowest BCUT2D eigenvalue weighted by atomic mass is 10.2. The summed E-state index contributed by atoms with van der Waals surface area (Å²) in [6.07, 6.45) is 3.94. The molecule has 1 saturated heterocycles. The van der Waals surface area contributed by atoms with Crippen molar-refractivity contribution >= 4 is 27.4 Å². The Bertz CT molecular complexity index is 1000. The van der Waals surface area contributed by atoms with Crippen LogP contribution in [0.15, 0.2) is 47.7 Å². The van der Waals surface area contributed by atoms with E-state index in [4.69, 9.17) is 0 Å². The molecule has 10 heteroatoms. The highest BCUT2D eigenvalue weighted by Crippen LogP contribution is 2.16. The largest absolute Gasteiger partial charge is 0.357 e. The molecule has 2 heterocycles. The molecule has 31 heavy (non-hydrogen) atoms. The Morgan fingerprint density at radius 3 is 2.65 bits per heavy atom. The fourth-order valence-electron chi connectivity index (χ4n) is 3.47. The van der Waals surface area contributed by atoms with Gasteiger partial charge < -0.3 is 15.1 Å². The Morgan fingerprint density at radius 2 is 2.00 bits per heavy atom. The predicted molar refractivity (Wildman–Crippen MR) is 122 cm³/mol. The maximum Gasteiger partial charge on any atom is 0.246 e. The van der Waals surface area contributed by atoms with Crippen molar-refractivity contribution in [3.05, 3.63) is 48.3 Å². The highest BCUT2D eigenvalue weighted by molar-refractivity contribution is 7.90. The van der Waals surface area contributed by atoms with E-state index in [-0.39, 0.29) is 24.0 Å². The van der Waals surface area contributed by atoms with E-state index < -0.39 is 9.84 Å². The van der Waals surface area contributed by atoms with Crippen LogP contribution in [0.2, 0.25) is 0 Å². The lowest BCUT2D eigenvalue weighted by Crippen LogP contribution is -2.55. The molecule has 0 spiro atoms. The molecule has 1 aromatic carbocycles. The molecule has 1 amide bonds. The van der Waals surface area contributed by atoms with E-state index >= 15 is 0 Å². The van der Waals surface area contributed by atoms with Crippen molar-refractivity contribution < 1.29 is 13.2 Å². The Morgan fingerprint density at radius 1 is 1.23 bits per heavy atom. The Balaban J connectivity index is 1.53. The maximum absolute atomic E-state index is 12.6. The van der Waals surface area contributed by atoms with Gasteiger partial charge >= 0.3 is 0 Å². The Kier molecular flexibility index (Phi) is 7.67. The van der Waals surface area contributed by atoms with Gasteiger partial charge in [-0.25, -0.2) is 8.42 Å². The Hall–Kier alpha value is -2.88. The van der Waals surface area contributed by atoms with Crippen LogP contribution >= 0.6 is 0 Å². The molecule has 0 bridgehead atoms. The minimum absolute atomic E-state index is 0.0182. The van der Waals surface area contributed by atoms with Crippen molar-refractivity contribution in [1.82, 2.24) is 20.0 Å². The third-order valence-corrected chi connectivity index (χ3v) is 6.65. The van der Waals surface area contributed by atoms with E-state index in [1.165, 1.54) is 0 Å². The van der Waals surface area contributed by atoms with Crippen LogP contribution in [0.3, 0.4) is 0 Å². The zero-order valence-corrected chi connectivity index (χ0v) is 18.9. The molecule has 168 valence electrons. The molecular formula is C21H30N6O3S. The maximum atomic E-state index is 12.6. The highest BCUT2D eigenvalue weighted by atomic mass is 32.2. The van der Waals surface area contributed by atoms with Crippen LogP contribution in [0.4, 0.5) is 5.69 Å². The smallest absolute Gasteiger partial charge is 0.246 e. The summed E-state index contributed by atoms with van der Waals surface area (Å²) < 4.78 is 26.4. The number of anilines is 1. The summed E-state index contributed by atoms with van der Waals surface area (Å²) in [4.78, 5) is 20.8. The number of aryl methyl sites for hydroxylation is 1. The fourth-order valence-corrected chi connectivity index (χ4v) is 4.88. The van der Waals surface area contributed by atoms with Crippen LogP contribution in [-0.2, 0) is 27.4 Å². The van der Waals surface area contributed by atoms with Crippen molar-refractivity contribution in [3.8, 4) is 0 Å². The summed E-state index contributed by atoms with van der Waals surface area (Å²) >= 11 is 0. The van der Waals surface area contributed by atoms with Crippen molar-refractivity contribution in [1.29, 1.82) is 0 Å². The van der Waals surface area contributed by atoms with E-state index in [9.17, 15) is 13.2 Å². The van der Waals surface area contributed by atoms with Crippen LogP contribution in [0.1, 0.15) is 18.9 Å². The number of hydrogen-bond donors (Lipinski definition) is 1. The summed E-state index contributed by atoms with van der Waals surface area (Å²) in [7, 11) is -1.37. The molecule has 9 nitrogen and oxygen atoms in total. The number of guanidine groups is 1. The van der Waals surface area contributed by atoms with Crippen molar-refractivity contribution in [2.45, 2.75) is 19.1 Å². The molecule has 3 rings (SSSR count). The molecule has 0 unspecified atom stereocenters. The minimum Gasteiger partial charge on any atom is -0.357 e. The standard InChI is InChI=1S/C21H30N6O3S/c1-3-22-21(23-10-7-13-31(29,30)17-18-8-5-4-6-9-18)26-11-12-27(20(28)16-26)19-14-24-25(2)15-19/h4-6,8-9,14-15H,3,7,10-13,16-17H2,1-2H3,(H,22,23). The minimum atomic E-state index is -3.19. The summed E-state index contributed by atoms with van der Waals surface area (Å²) in [6.45, 7) is 4.41. The van der Waals surface area contributed by atoms with Crippen LogP contribution in [0.5, 0.6) is 0 Å². The summed E-state index contributed by atoms with van der Waals surface area (Å²) in [6, 6.07) is 9.19. The van der Waals surface area contributed by atoms with Crippen LogP contribution in [-0.4, -0.2) is 73.4 Å².